The van der Waals surface area contributed by atoms with Crippen LogP contribution >= 0.6 is 0 Å². The lowest BCUT2D eigenvalue weighted by Crippen LogP contribution is -2.39. The molecule has 0 unspecified atom stereocenters. The molecule has 0 spiro atoms. The molecular weight excluding hydrogens is 296 g/mol. The van der Waals surface area contributed by atoms with Gasteiger partial charge in [-0.15, -0.1) is 0 Å². The van der Waals surface area contributed by atoms with Crippen molar-refractivity contribution in [2.45, 2.75) is 6.54 Å². The summed E-state index contributed by atoms with van der Waals surface area (Å²) in [5.41, 5.74) is 0.832. The molecule has 0 aromatic heterocycles. The van der Waals surface area contributed by atoms with E-state index in [1.165, 1.54) is 11.4 Å². The van der Waals surface area contributed by atoms with E-state index in [9.17, 15) is 8.42 Å². The van der Waals surface area contributed by atoms with Crippen molar-refractivity contribution in [3.8, 4) is 5.75 Å². The molecular formula is C13H22N2O5S. The number of hydrogen-bond donors (Lipinski definition) is 2. The van der Waals surface area contributed by atoms with E-state index in [4.69, 9.17) is 14.6 Å². The zero-order chi connectivity index (χ0) is 15.7. The fourth-order valence-electron chi connectivity index (χ4n) is 1.63. The average molecular weight is 318 g/mol. The van der Waals surface area contributed by atoms with Gasteiger partial charge in [-0.3, -0.25) is 0 Å². The lowest BCUT2D eigenvalue weighted by Gasteiger charge is -2.18. The molecule has 0 aliphatic heterocycles. The molecule has 0 bridgehead atoms. The molecule has 0 amide bonds. The predicted molar refractivity (Wildman–Crippen MR) is 79.3 cm³/mol. The Morgan fingerprint density at radius 1 is 1.33 bits per heavy atom. The molecule has 0 saturated heterocycles. The monoisotopic (exact) mass is 318 g/mol. The van der Waals surface area contributed by atoms with E-state index < -0.39 is 10.2 Å². The van der Waals surface area contributed by atoms with E-state index in [0.29, 0.717) is 5.75 Å². The second-order valence-electron chi connectivity index (χ2n) is 4.34. The largest absolute Gasteiger partial charge is 0.497 e. The van der Waals surface area contributed by atoms with Crippen LogP contribution in [0.1, 0.15) is 5.56 Å². The number of benzene rings is 1. The molecule has 8 heteroatoms. The number of nitrogens with zero attached hydrogens (tertiary/aromatic N) is 1. The molecule has 1 aromatic rings. The first-order valence-electron chi connectivity index (χ1n) is 6.52. The quantitative estimate of drug-likeness (QED) is 0.592. The first-order valence-corrected chi connectivity index (χ1v) is 7.96. The minimum Gasteiger partial charge on any atom is -0.497 e. The molecule has 0 heterocycles. The van der Waals surface area contributed by atoms with Gasteiger partial charge in [0.25, 0.3) is 10.2 Å². The summed E-state index contributed by atoms with van der Waals surface area (Å²) in [6, 6.07) is 7.23. The second-order valence-corrected chi connectivity index (χ2v) is 6.21. The number of aliphatic hydroxyl groups excluding tert-OH is 1. The standard InChI is InChI=1S/C13H22N2O5S/c1-15(11-12-4-3-5-13(10-12)19-2)21(17,18)14-6-8-20-9-7-16/h3-5,10,14,16H,6-9,11H2,1-2H3. The highest BCUT2D eigenvalue weighted by Crippen LogP contribution is 2.14. The molecule has 0 radical (unpaired) electrons. The molecule has 0 atom stereocenters. The van der Waals surface area contributed by atoms with Crippen LogP contribution in [0.5, 0.6) is 5.75 Å². The van der Waals surface area contributed by atoms with Gasteiger partial charge in [0, 0.05) is 20.1 Å². The van der Waals surface area contributed by atoms with Crippen molar-refractivity contribution in [1.29, 1.82) is 0 Å². The van der Waals surface area contributed by atoms with Crippen molar-refractivity contribution in [3.05, 3.63) is 29.8 Å². The van der Waals surface area contributed by atoms with Crippen molar-refractivity contribution >= 4 is 10.2 Å². The fraction of sp³-hybridized carbons (Fsp3) is 0.538. The number of nitrogens with one attached hydrogen (secondary N) is 1. The highest BCUT2D eigenvalue weighted by molar-refractivity contribution is 7.87. The summed E-state index contributed by atoms with van der Waals surface area (Å²) in [6.07, 6.45) is 0. The van der Waals surface area contributed by atoms with Gasteiger partial charge in [-0.1, -0.05) is 12.1 Å². The van der Waals surface area contributed by atoms with Gasteiger partial charge in [-0.2, -0.15) is 17.4 Å². The van der Waals surface area contributed by atoms with Gasteiger partial charge >= 0.3 is 0 Å². The Labute approximate surface area is 125 Å². The third-order valence-electron chi connectivity index (χ3n) is 2.72. The van der Waals surface area contributed by atoms with Gasteiger partial charge in [0.1, 0.15) is 5.75 Å². The van der Waals surface area contributed by atoms with E-state index in [2.05, 4.69) is 4.72 Å². The molecule has 0 saturated carbocycles. The van der Waals surface area contributed by atoms with Crippen molar-refractivity contribution in [2.75, 3.05) is 40.5 Å². The molecule has 120 valence electrons. The van der Waals surface area contributed by atoms with Crippen molar-refractivity contribution in [3.63, 3.8) is 0 Å². The van der Waals surface area contributed by atoms with Gasteiger partial charge in [0.2, 0.25) is 0 Å². The maximum atomic E-state index is 12.0. The molecule has 0 aliphatic rings. The maximum absolute atomic E-state index is 12.0. The molecule has 1 aromatic carbocycles. The first-order chi connectivity index (χ1) is 9.99. The Balaban J connectivity index is 2.50. The number of ether oxygens (including phenoxy) is 2. The van der Waals surface area contributed by atoms with E-state index in [0.717, 1.165) is 5.56 Å². The summed E-state index contributed by atoms with van der Waals surface area (Å²) in [4.78, 5) is 0. The lowest BCUT2D eigenvalue weighted by molar-refractivity contribution is 0.0960. The van der Waals surface area contributed by atoms with Crippen LogP contribution < -0.4 is 9.46 Å². The van der Waals surface area contributed by atoms with E-state index in [1.54, 1.807) is 19.2 Å². The van der Waals surface area contributed by atoms with Crippen molar-refractivity contribution in [2.24, 2.45) is 0 Å². The van der Waals surface area contributed by atoms with Crippen molar-refractivity contribution < 1.29 is 23.0 Å². The highest BCUT2D eigenvalue weighted by atomic mass is 32.2. The topological polar surface area (TPSA) is 88.1 Å². The molecule has 0 fully saturated rings. The minimum atomic E-state index is -3.57. The van der Waals surface area contributed by atoms with Gasteiger partial charge in [-0.05, 0) is 17.7 Å². The maximum Gasteiger partial charge on any atom is 0.279 e. The Hall–Kier alpha value is -1.19. The molecule has 1 rings (SSSR count). The first kappa shape index (κ1) is 17.9. The summed E-state index contributed by atoms with van der Waals surface area (Å²) in [5, 5.41) is 8.54. The van der Waals surface area contributed by atoms with E-state index >= 15 is 0 Å². The number of rotatable bonds is 10. The number of hydrogen-bond acceptors (Lipinski definition) is 5. The highest BCUT2D eigenvalue weighted by Gasteiger charge is 2.17. The van der Waals surface area contributed by atoms with Gasteiger partial charge in [0.05, 0.1) is 26.9 Å². The van der Waals surface area contributed by atoms with Crippen LogP contribution in [0.3, 0.4) is 0 Å². The third-order valence-corrected chi connectivity index (χ3v) is 4.23. The Bertz CT molecular complexity index is 521. The fourth-order valence-corrected chi connectivity index (χ4v) is 2.51. The van der Waals surface area contributed by atoms with Crippen LogP contribution in [0.15, 0.2) is 24.3 Å². The molecule has 0 aliphatic carbocycles. The summed E-state index contributed by atoms with van der Waals surface area (Å²) in [5.74, 6) is 0.684. The zero-order valence-electron chi connectivity index (χ0n) is 12.3. The average Bonchev–Trinajstić information content (AvgIpc) is 2.47. The van der Waals surface area contributed by atoms with E-state index in [1.807, 2.05) is 12.1 Å². The van der Waals surface area contributed by atoms with Gasteiger partial charge < -0.3 is 14.6 Å². The third kappa shape index (κ3) is 6.40. The lowest BCUT2D eigenvalue weighted by atomic mass is 10.2. The molecule has 7 nitrogen and oxygen atoms in total. The Kier molecular flexibility index (Phi) is 7.62. The van der Waals surface area contributed by atoms with Gasteiger partial charge in [-0.25, -0.2) is 0 Å². The van der Waals surface area contributed by atoms with Crippen molar-refractivity contribution in [1.82, 2.24) is 9.03 Å². The van der Waals surface area contributed by atoms with E-state index in [-0.39, 0.29) is 32.9 Å². The predicted octanol–water partition coefficient (Wildman–Crippen LogP) is -0.0297. The summed E-state index contributed by atoms with van der Waals surface area (Å²) in [6.45, 7) is 0.728. The smallest absolute Gasteiger partial charge is 0.279 e. The number of aliphatic hydroxyl groups is 1. The van der Waals surface area contributed by atoms with Crippen LogP contribution in [0.2, 0.25) is 0 Å². The zero-order valence-corrected chi connectivity index (χ0v) is 13.1. The number of methoxy groups -OCH3 is 1. The van der Waals surface area contributed by atoms with Crippen LogP contribution in [0.4, 0.5) is 0 Å². The Morgan fingerprint density at radius 2 is 2.10 bits per heavy atom. The minimum absolute atomic E-state index is 0.0809. The summed E-state index contributed by atoms with van der Waals surface area (Å²) in [7, 11) is -0.506. The second kappa shape index (κ2) is 8.96. The van der Waals surface area contributed by atoms with Crippen LogP contribution in [-0.2, 0) is 21.5 Å². The normalized spacial score (nSPS) is 11.8. The van der Waals surface area contributed by atoms with Crippen LogP contribution in [-0.4, -0.2) is 58.4 Å². The summed E-state index contributed by atoms with van der Waals surface area (Å²) < 4.78 is 37.7. The Morgan fingerprint density at radius 3 is 2.76 bits per heavy atom. The summed E-state index contributed by atoms with van der Waals surface area (Å²) >= 11 is 0. The van der Waals surface area contributed by atoms with Gasteiger partial charge in [0.15, 0.2) is 0 Å². The molecule has 2 N–H and O–H groups in total. The SMILES string of the molecule is COc1cccc(CN(C)S(=O)(=O)NCCOCCO)c1. The van der Waals surface area contributed by atoms with Crippen LogP contribution in [0.25, 0.3) is 0 Å². The molecule has 21 heavy (non-hydrogen) atoms. The van der Waals surface area contributed by atoms with Crippen LogP contribution in [0, 0.1) is 0 Å².